The molecule has 1 heterocycles. The van der Waals surface area contributed by atoms with Crippen LogP contribution in [0.25, 0.3) is 0 Å². The Bertz CT molecular complexity index is 344. The zero-order chi connectivity index (χ0) is 9.64. The molecule has 0 radical (unpaired) electrons. The van der Waals surface area contributed by atoms with Crippen LogP contribution in [0, 0.1) is 0 Å². The molecule has 1 aliphatic heterocycles. The van der Waals surface area contributed by atoms with Gasteiger partial charge in [-0.3, -0.25) is 5.43 Å². The van der Waals surface area contributed by atoms with Crippen molar-refractivity contribution in [2.75, 3.05) is 0 Å². The Morgan fingerprint density at radius 2 is 2.14 bits per heavy atom. The number of hydrazone groups is 2. The fraction of sp³-hybridized carbons (Fsp3) is 0. The zero-order valence-electron chi connectivity index (χ0n) is 7.36. The molecule has 0 amide bonds. The minimum atomic E-state index is 0.525. The Morgan fingerprint density at radius 3 is 2.86 bits per heavy atom. The average Bonchev–Trinajstić information content (AvgIpc) is 2.72. The Balaban J connectivity index is 1.88. The highest BCUT2D eigenvalue weighted by Crippen LogP contribution is 1.92. The molecule has 72 valence electrons. The summed E-state index contributed by atoms with van der Waals surface area (Å²) in [5.41, 5.74) is 11.5. The molecule has 4 N–H and O–H groups in total. The molecule has 0 fully saturated rings. The van der Waals surface area contributed by atoms with Crippen LogP contribution in [0.3, 0.4) is 0 Å². The third-order valence-corrected chi connectivity index (χ3v) is 1.59. The van der Waals surface area contributed by atoms with Gasteiger partial charge in [0.25, 0.3) is 5.96 Å². The molecule has 2 rings (SSSR count). The monoisotopic (exact) mass is 190 g/mol. The number of hydrazine groups is 2. The highest BCUT2D eigenvalue weighted by atomic mass is 15.8. The molecule has 0 saturated heterocycles. The summed E-state index contributed by atoms with van der Waals surface area (Å²) < 4.78 is 0. The largest absolute Gasteiger partial charge is 0.270 e. The molecule has 0 unspecified atom stereocenters. The molecule has 0 atom stereocenters. The standard InChI is InChI=1S/C8H10N6/c1-2-4-7(5-3-1)6-9-10-8-11-13-14-12-8/h1-6,13-14H,(H2,10,11,12). The minimum Gasteiger partial charge on any atom is -0.270 e. The van der Waals surface area contributed by atoms with Gasteiger partial charge in [0, 0.05) is 0 Å². The number of nitrogens with one attached hydrogen (secondary N) is 4. The van der Waals surface area contributed by atoms with Gasteiger partial charge < -0.3 is 0 Å². The number of hydrogen-bond donors (Lipinski definition) is 4. The first-order valence-electron chi connectivity index (χ1n) is 4.13. The van der Waals surface area contributed by atoms with Gasteiger partial charge in [-0.1, -0.05) is 30.3 Å². The van der Waals surface area contributed by atoms with Crippen molar-refractivity contribution in [3.8, 4) is 0 Å². The van der Waals surface area contributed by atoms with Crippen LogP contribution < -0.4 is 21.9 Å². The van der Waals surface area contributed by atoms with E-state index in [9.17, 15) is 0 Å². The van der Waals surface area contributed by atoms with Crippen LogP contribution >= 0.6 is 0 Å². The van der Waals surface area contributed by atoms with E-state index in [2.05, 4.69) is 32.1 Å². The van der Waals surface area contributed by atoms with Crippen molar-refractivity contribution < 1.29 is 0 Å². The van der Waals surface area contributed by atoms with Crippen molar-refractivity contribution in [1.29, 1.82) is 0 Å². The second-order valence-electron chi connectivity index (χ2n) is 2.60. The molecule has 14 heavy (non-hydrogen) atoms. The summed E-state index contributed by atoms with van der Waals surface area (Å²) in [6.07, 6.45) is 1.71. The fourth-order valence-electron chi connectivity index (χ4n) is 0.959. The first kappa shape index (κ1) is 8.52. The van der Waals surface area contributed by atoms with Crippen LogP contribution in [-0.2, 0) is 0 Å². The maximum Gasteiger partial charge on any atom is 0.251 e. The smallest absolute Gasteiger partial charge is 0.251 e. The topological polar surface area (TPSA) is 72.8 Å². The molecule has 1 aromatic carbocycles. The molecular weight excluding hydrogens is 180 g/mol. The van der Waals surface area contributed by atoms with E-state index in [1.807, 2.05) is 30.3 Å². The lowest BCUT2D eigenvalue weighted by molar-refractivity contribution is 0.575. The molecule has 0 saturated carbocycles. The van der Waals surface area contributed by atoms with Gasteiger partial charge >= 0.3 is 0 Å². The summed E-state index contributed by atoms with van der Waals surface area (Å²) in [5.74, 6) is 0.525. The van der Waals surface area contributed by atoms with Gasteiger partial charge in [0.1, 0.15) is 0 Å². The number of nitrogens with zero attached hydrogens (tertiary/aromatic N) is 2. The van der Waals surface area contributed by atoms with Crippen LogP contribution in [-0.4, -0.2) is 12.2 Å². The van der Waals surface area contributed by atoms with E-state index >= 15 is 0 Å². The Labute approximate surface area is 81.0 Å². The van der Waals surface area contributed by atoms with E-state index in [1.165, 1.54) is 0 Å². The SMILES string of the molecule is C(=NNC1=NNNN1)c1ccccc1. The van der Waals surface area contributed by atoms with Crippen LogP contribution in [0.15, 0.2) is 40.5 Å². The summed E-state index contributed by atoms with van der Waals surface area (Å²) in [6, 6.07) is 9.80. The Hall–Kier alpha value is -2.08. The summed E-state index contributed by atoms with van der Waals surface area (Å²) in [5, 5.41) is 7.76. The van der Waals surface area contributed by atoms with Crippen molar-refractivity contribution in [3.63, 3.8) is 0 Å². The van der Waals surface area contributed by atoms with Crippen molar-refractivity contribution >= 4 is 12.2 Å². The molecule has 6 heteroatoms. The molecule has 0 aromatic heterocycles. The lowest BCUT2D eigenvalue weighted by Gasteiger charge is -1.97. The Kier molecular flexibility index (Phi) is 2.58. The molecule has 0 bridgehead atoms. The normalized spacial score (nSPS) is 14.7. The zero-order valence-corrected chi connectivity index (χ0v) is 7.36. The van der Waals surface area contributed by atoms with Gasteiger partial charge in [-0.15, -0.1) is 10.6 Å². The third-order valence-electron chi connectivity index (χ3n) is 1.59. The van der Waals surface area contributed by atoms with Gasteiger partial charge in [-0.05, 0) is 5.56 Å². The molecule has 0 spiro atoms. The van der Waals surface area contributed by atoms with Crippen LogP contribution in [0.5, 0.6) is 0 Å². The van der Waals surface area contributed by atoms with E-state index in [4.69, 9.17) is 0 Å². The number of rotatable bonds is 2. The maximum absolute atomic E-state index is 3.98. The second-order valence-corrected chi connectivity index (χ2v) is 2.60. The number of benzene rings is 1. The van der Waals surface area contributed by atoms with Crippen molar-refractivity contribution in [2.24, 2.45) is 10.2 Å². The van der Waals surface area contributed by atoms with Gasteiger partial charge in [0.2, 0.25) is 0 Å². The average molecular weight is 190 g/mol. The maximum atomic E-state index is 3.98. The predicted molar refractivity (Wildman–Crippen MR) is 54.0 cm³/mol. The van der Waals surface area contributed by atoms with Crippen LogP contribution in [0.1, 0.15) is 5.56 Å². The number of hydrogen-bond acceptors (Lipinski definition) is 6. The number of guanidine groups is 1. The van der Waals surface area contributed by atoms with E-state index in [-0.39, 0.29) is 0 Å². The van der Waals surface area contributed by atoms with Gasteiger partial charge in [-0.25, -0.2) is 11.0 Å². The van der Waals surface area contributed by atoms with E-state index in [0.29, 0.717) is 5.96 Å². The Morgan fingerprint density at radius 1 is 1.29 bits per heavy atom. The summed E-state index contributed by atoms with van der Waals surface area (Å²) in [7, 11) is 0. The van der Waals surface area contributed by atoms with Crippen LogP contribution in [0.2, 0.25) is 0 Å². The highest BCUT2D eigenvalue weighted by molar-refractivity contribution is 5.83. The van der Waals surface area contributed by atoms with Gasteiger partial charge in [0.15, 0.2) is 0 Å². The van der Waals surface area contributed by atoms with E-state index in [0.717, 1.165) is 5.56 Å². The van der Waals surface area contributed by atoms with E-state index in [1.54, 1.807) is 6.21 Å². The van der Waals surface area contributed by atoms with Gasteiger partial charge in [-0.2, -0.15) is 5.10 Å². The predicted octanol–water partition coefficient (Wildman–Crippen LogP) is -0.506. The second kappa shape index (κ2) is 4.24. The lowest BCUT2D eigenvalue weighted by atomic mass is 10.2. The van der Waals surface area contributed by atoms with Crippen molar-refractivity contribution in [1.82, 2.24) is 21.9 Å². The van der Waals surface area contributed by atoms with Crippen LogP contribution in [0.4, 0.5) is 0 Å². The summed E-state index contributed by atoms with van der Waals surface area (Å²) >= 11 is 0. The molecule has 1 aromatic rings. The highest BCUT2D eigenvalue weighted by Gasteiger charge is 1.99. The first-order valence-corrected chi connectivity index (χ1v) is 4.13. The van der Waals surface area contributed by atoms with Gasteiger partial charge in [0.05, 0.1) is 6.21 Å². The minimum absolute atomic E-state index is 0.525. The van der Waals surface area contributed by atoms with Crippen molar-refractivity contribution in [2.45, 2.75) is 0 Å². The molecule has 6 nitrogen and oxygen atoms in total. The molecule has 0 aliphatic carbocycles. The summed E-state index contributed by atoms with van der Waals surface area (Å²) in [4.78, 5) is 0. The van der Waals surface area contributed by atoms with Crippen molar-refractivity contribution in [3.05, 3.63) is 35.9 Å². The quantitative estimate of drug-likeness (QED) is 0.374. The fourth-order valence-corrected chi connectivity index (χ4v) is 0.959. The van der Waals surface area contributed by atoms with E-state index < -0.39 is 0 Å². The first-order chi connectivity index (χ1) is 6.95. The molecule has 1 aliphatic rings. The summed E-state index contributed by atoms with van der Waals surface area (Å²) in [6.45, 7) is 0. The molecular formula is C8H10N6. The lowest BCUT2D eigenvalue weighted by Crippen LogP contribution is -2.39. The third kappa shape index (κ3) is 2.20.